The molecule has 0 N–H and O–H groups in total. The van der Waals surface area contributed by atoms with Gasteiger partial charge in [-0.05, 0) is 49.1 Å². The Labute approximate surface area is 208 Å². The Morgan fingerprint density at radius 2 is 1.83 bits per heavy atom. The zero-order valence-electron chi connectivity index (χ0n) is 21.5. The van der Waals surface area contributed by atoms with Gasteiger partial charge in [0.1, 0.15) is 5.69 Å². The number of hydrogen-bond acceptors (Lipinski definition) is 6. The topological polar surface area (TPSA) is 63.2 Å². The van der Waals surface area contributed by atoms with Gasteiger partial charge < -0.3 is 13.9 Å². The van der Waals surface area contributed by atoms with E-state index in [4.69, 9.17) is 4.42 Å². The van der Waals surface area contributed by atoms with Crippen LogP contribution in [0.15, 0.2) is 58.9 Å². The number of nitrogens with zero attached hydrogens (tertiary/aromatic N) is 6. The molecule has 3 atom stereocenters. The van der Waals surface area contributed by atoms with Gasteiger partial charge in [-0.25, -0.2) is 4.98 Å². The predicted octanol–water partition coefficient (Wildman–Crippen LogP) is 4.69. The van der Waals surface area contributed by atoms with E-state index in [2.05, 4.69) is 82.2 Å². The van der Waals surface area contributed by atoms with E-state index < -0.39 is 0 Å². The number of hydrogen-bond donors (Lipinski definition) is 0. The third-order valence-corrected chi connectivity index (χ3v) is 7.97. The van der Waals surface area contributed by atoms with Gasteiger partial charge in [-0.3, -0.25) is 4.90 Å². The molecular weight excluding hydrogens is 436 g/mol. The zero-order valence-corrected chi connectivity index (χ0v) is 21.5. The number of piperazine rings is 1. The van der Waals surface area contributed by atoms with E-state index in [1.54, 1.807) is 12.5 Å². The summed E-state index contributed by atoms with van der Waals surface area (Å²) in [6.07, 6.45) is 8.06. The van der Waals surface area contributed by atoms with Crippen molar-refractivity contribution in [2.75, 3.05) is 37.6 Å². The molecular formula is C28H38N6O. The van der Waals surface area contributed by atoms with Crippen LogP contribution in [-0.4, -0.2) is 57.4 Å². The van der Waals surface area contributed by atoms with E-state index in [-0.39, 0.29) is 0 Å². The van der Waals surface area contributed by atoms with Crippen molar-refractivity contribution in [2.45, 2.75) is 33.6 Å². The average molecular weight is 475 g/mol. The Morgan fingerprint density at radius 1 is 1.06 bits per heavy atom. The standard InChI is InChI=1S/C28H38N6O/c1-20(2)25-15-22(16-27-30-31-28(35-27)26-17-29-19-32(26)4)21(3)14-23(25)18-33-10-12-34(13-11-33)24-8-6-5-7-9-24/h5-9,14,17,19-20,22-23,25H,10-13,15-16,18H2,1-4H3/t22-,23-,25-/m0/s1. The van der Waals surface area contributed by atoms with Crippen LogP contribution in [0.25, 0.3) is 11.6 Å². The molecule has 7 nitrogen and oxygen atoms in total. The first-order valence-corrected chi connectivity index (χ1v) is 13.0. The quantitative estimate of drug-likeness (QED) is 0.463. The fourth-order valence-electron chi connectivity index (χ4n) is 5.82. The Kier molecular flexibility index (Phi) is 7.04. The lowest BCUT2D eigenvalue weighted by Crippen LogP contribution is -2.49. The monoisotopic (exact) mass is 474 g/mol. The second-order valence-corrected chi connectivity index (χ2v) is 10.6. The summed E-state index contributed by atoms with van der Waals surface area (Å²) in [7, 11) is 1.94. The molecule has 0 saturated carbocycles. The summed E-state index contributed by atoms with van der Waals surface area (Å²) >= 11 is 0. The molecule has 0 amide bonds. The first-order chi connectivity index (χ1) is 17.0. The van der Waals surface area contributed by atoms with Gasteiger partial charge in [-0.2, -0.15) is 0 Å². The molecule has 0 spiro atoms. The number of imidazole rings is 1. The SMILES string of the molecule is CC1=C[C@@H](CN2CCN(c3ccccc3)CC2)[C@H](C(C)C)C[C@H]1Cc1nnc(-c2cncn2C)o1. The smallest absolute Gasteiger partial charge is 0.265 e. The number of allylic oxidation sites excluding steroid dienone is 1. The van der Waals surface area contributed by atoms with Crippen LogP contribution < -0.4 is 4.90 Å². The Hall–Kier alpha value is -2.93. The molecule has 1 saturated heterocycles. The van der Waals surface area contributed by atoms with Gasteiger partial charge in [0.15, 0.2) is 0 Å². The lowest BCUT2D eigenvalue weighted by atomic mass is 9.69. The second kappa shape index (κ2) is 10.4. The lowest BCUT2D eigenvalue weighted by molar-refractivity contribution is 0.155. The number of aryl methyl sites for hydroxylation is 1. The molecule has 0 radical (unpaired) electrons. The lowest BCUT2D eigenvalue weighted by Gasteiger charge is -2.42. The normalized spacial score (nSPS) is 23.6. The van der Waals surface area contributed by atoms with Crippen molar-refractivity contribution in [3.63, 3.8) is 0 Å². The molecule has 1 aromatic carbocycles. The van der Waals surface area contributed by atoms with Gasteiger partial charge in [-0.15, -0.1) is 10.2 Å². The summed E-state index contributed by atoms with van der Waals surface area (Å²) in [5.41, 5.74) is 3.67. The first-order valence-electron chi connectivity index (χ1n) is 13.0. The fraction of sp³-hybridized carbons (Fsp3) is 0.536. The fourth-order valence-corrected chi connectivity index (χ4v) is 5.82. The van der Waals surface area contributed by atoms with E-state index in [1.807, 2.05) is 11.6 Å². The van der Waals surface area contributed by atoms with E-state index >= 15 is 0 Å². The highest BCUT2D eigenvalue weighted by molar-refractivity contribution is 5.46. The van der Waals surface area contributed by atoms with E-state index in [1.165, 1.54) is 17.7 Å². The zero-order chi connectivity index (χ0) is 24.4. The largest absolute Gasteiger partial charge is 0.419 e. The maximum absolute atomic E-state index is 6.03. The maximum atomic E-state index is 6.03. The van der Waals surface area contributed by atoms with Crippen molar-refractivity contribution >= 4 is 5.69 Å². The molecule has 3 aromatic rings. The summed E-state index contributed by atoms with van der Waals surface area (Å²) in [6, 6.07) is 10.8. The Morgan fingerprint density at radius 3 is 2.51 bits per heavy atom. The maximum Gasteiger partial charge on any atom is 0.265 e. The minimum Gasteiger partial charge on any atom is -0.419 e. The van der Waals surface area contributed by atoms with Crippen molar-refractivity contribution in [1.82, 2.24) is 24.6 Å². The molecule has 2 aliphatic rings. The summed E-state index contributed by atoms with van der Waals surface area (Å²) in [6.45, 7) is 12.7. The van der Waals surface area contributed by atoms with Crippen LogP contribution in [0.1, 0.15) is 33.1 Å². The first kappa shape index (κ1) is 23.8. The average Bonchev–Trinajstić information content (AvgIpc) is 3.50. The van der Waals surface area contributed by atoms with Crippen LogP contribution in [0.4, 0.5) is 5.69 Å². The van der Waals surface area contributed by atoms with Crippen LogP contribution in [0, 0.1) is 23.7 Å². The van der Waals surface area contributed by atoms with E-state index in [0.717, 1.165) is 50.7 Å². The second-order valence-electron chi connectivity index (χ2n) is 10.6. The third-order valence-electron chi connectivity index (χ3n) is 7.97. The summed E-state index contributed by atoms with van der Waals surface area (Å²) < 4.78 is 7.93. The van der Waals surface area contributed by atoms with Crippen LogP contribution in [0.5, 0.6) is 0 Å². The number of aromatic nitrogens is 4. The predicted molar refractivity (Wildman–Crippen MR) is 139 cm³/mol. The molecule has 1 fully saturated rings. The summed E-state index contributed by atoms with van der Waals surface area (Å²) in [4.78, 5) is 9.34. The number of anilines is 1. The summed E-state index contributed by atoms with van der Waals surface area (Å²) in [5, 5.41) is 8.64. The highest BCUT2D eigenvalue weighted by Crippen LogP contribution is 2.39. The molecule has 1 aliphatic heterocycles. The molecule has 2 aromatic heterocycles. The van der Waals surface area contributed by atoms with Gasteiger partial charge in [0.2, 0.25) is 5.89 Å². The Balaban J connectivity index is 1.22. The van der Waals surface area contributed by atoms with Crippen LogP contribution in [0.3, 0.4) is 0 Å². The minimum atomic E-state index is 0.452. The number of benzene rings is 1. The molecule has 5 rings (SSSR count). The van der Waals surface area contributed by atoms with Crippen molar-refractivity contribution in [3.8, 4) is 11.6 Å². The van der Waals surface area contributed by atoms with Crippen LogP contribution in [0.2, 0.25) is 0 Å². The third kappa shape index (κ3) is 5.35. The molecule has 186 valence electrons. The highest BCUT2D eigenvalue weighted by Gasteiger charge is 2.34. The minimum absolute atomic E-state index is 0.452. The Bertz CT molecular complexity index is 1130. The summed E-state index contributed by atoms with van der Waals surface area (Å²) in [5.74, 6) is 3.62. The van der Waals surface area contributed by atoms with Gasteiger partial charge in [0.25, 0.3) is 5.89 Å². The van der Waals surface area contributed by atoms with Crippen LogP contribution >= 0.6 is 0 Å². The molecule has 0 bridgehead atoms. The van der Waals surface area contributed by atoms with Gasteiger partial charge in [0.05, 0.1) is 12.5 Å². The van der Waals surface area contributed by atoms with E-state index in [0.29, 0.717) is 29.6 Å². The highest BCUT2D eigenvalue weighted by atomic mass is 16.4. The van der Waals surface area contributed by atoms with Crippen molar-refractivity contribution in [3.05, 3.63) is 60.4 Å². The van der Waals surface area contributed by atoms with Gasteiger partial charge in [-0.1, -0.05) is 43.7 Å². The number of rotatable bonds is 7. The van der Waals surface area contributed by atoms with Crippen molar-refractivity contribution < 1.29 is 4.42 Å². The molecule has 35 heavy (non-hydrogen) atoms. The molecule has 1 aliphatic carbocycles. The van der Waals surface area contributed by atoms with Gasteiger partial charge >= 0.3 is 0 Å². The van der Waals surface area contributed by atoms with E-state index in [9.17, 15) is 0 Å². The molecule has 3 heterocycles. The van der Waals surface area contributed by atoms with Crippen molar-refractivity contribution in [1.29, 1.82) is 0 Å². The number of para-hydroxylation sites is 1. The molecule has 7 heteroatoms. The van der Waals surface area contributed by atoms with Crippen LogP contribution in [-0.2, 0) is 13.5 Å². The van der Waals surface area contributed by atoms with Gasteiger partial charge in [0, 0.05) is 51.9 Å². The molecule has 0 unspecified atom stereocenters. The van der Waals surface area contributed by atoms with Crippen molar-refractivity contribution in [2.24, 2.45) is 30.7 Å².